The average Bonchev–Trinajstić information content (AvgIpc) is 2.93. The maximum absolute atomic E-state index is 9.83. The van der Waals surface area contributed by atoms with E-state index in [1.807, 2.05) is 6.07 Å². The number of rotatable bonds is 2. The first-order chi connectivity index (χ1) is 8.70. The number of hydrogen-bond donors (Lipinski definition) is 1. The van der Waals surface area contributed by atoms with Gasteiger partial charge in [0.15, 0.2) is 11.5 Å². The second-order valence-corrected chi connectivity index (χ2v) is 5.05. The summed E-state index contributed by atoms with van der Waals surface area (Å²) in [4.78, 5) is 0. The molecule has 0 bridgehead atoms. The Kier molecular flexibility index (Phi) is 2.92. The molecule has 3 unspecified atom stereocenters. The first kappa shape index (κ1) is 11.8. The smallest absolute Gasteiger partial charge is 0.160 e. The number of methoxy groups -OCH3 is 1. The largest absolute Gasteiger partial charge is 0.504 e. The van der Waals surface area contributed by atoms with Gasteiger partial charge in [0.25, 0.3) is 0 Å². The van der Waals surface area contributed by atoms with Gasteiger partial charge in [0.2, 0.25) is 0 Å². The maximum atomic E-state index is 9.83. The van der Waals surface area contributed by atoms with Gasteiger partial charge in [-0.1, -0.05) is 6.07 Å². The number of phenols is 1. The SMILES string of the molecule is COc1ccc(C2OCC3C2CO[C@@H]3C)cc1O. The van der Waals surface area contributed by atoms with E-state index in [0.717, 1.165) is 18.8 Å². The van der Waals surface area contributed by atoms with E-state index in [2.05, 4.69) is 6.92 Å². The lowest BCUT2D eigenvalue weighted by Gasteiger charge is -2.17. The lowest BCUT2D eigenvalue weighted by Crippen LogP contribution is -2.16. The second kappa shape index (κ2) is 4.44. The van der Waals surface area contributed by atoms with Gasteiger partial charge < -0.3 is 19.3 Å². The zero-order valence-corrected chi connectivity index (χ0v) is 10.6. The van der Waals surface area contributed by atoms with Crippen molar-refractivity contribution < 1.29 is 19.3 Å². The van der Waals surface area contributed by atoms with Crippen molar-refractivity contribution in [1.82, 2.24) is 0 Å². The lowest BCUT2D eigenvalue weighted by molar-refractivity contribution is 0.0260. The third-order valence-corrected chi connectivity index (χ3v) is 4.09. The Bertz CT molecular complexity index is 445. The van der Waals surface area contributed by atoms with Crippen LogP contribution in [0.2, 0.25) is 0 Å². The molecule has 2 aliphatic heterocycles. The summed E-state index contributed by atoms with van der Waals surface area (Å²) in [5, 5.41) is 9.83. The van der Waals surface area contributed by atoms with Gasteiger partial charge in [0.1, 0.15) is 0 Å². The molecule has 4 atom stereocenters. The molecule has 98 valence electrons. The van der Waals surface area contributed by atoms with E-state index in [4.69, 9.17) is 14.2 Å². The highest BCUT2D eigenvalue weighted by Crippen LogP contribution is 2.45. The van der Waals surface area contributed by atoms with Crippen molar-refractivity contribution in [2.24, 2.45) is 11.8 Å². The molecule has 0 amide bonds. The fraction of sp³-hybridized carbons (Fsp3) is 0.571. The van der Waals surface area contributed by atoms with Gasteiger partial charge in [0, 0.05) is 11.8 Å². The Balaban J connectivity index is 1.85. The summed E-state index contributed by atoms with van der Waals surface area (Å²) in [5.74, 6) is 1.52. The van der Waals surface area contributed by atoms with E-state index < -0.39 is 0 Å². The summed E-state index contributed by atoms with van der Waals surface area (Å²) in [6.07, 6.45) is 0.295. The minimum Gasteiger partial charge on any atom is -0.504 e. The van der Waals surface area contributed by atoms with Crippen LogP contribution in [-0.4, -0.2) is 31.5 Å². The van der Waals surface area contributed by atoms with Crippen LogP contribution in [-0.2, 0) is 9.47 Å². The third-order valence-electron chi connectivity index (χ3n) is 4.09. The predicted molar refractivity (Wildman–Crippen MR) is 65.7 cm³/mol. The Morgan fingerprint density at radius 2 is 2.00 bits per heavy atom. The Hall–Kier alpha value is -1.26. The highest BCUT2D eigenvalue weighted by Gasteiger charge is 2.45. The van der Waals surface area contributed by atoms with Crippen LogP contribution < -0.4 is 4.74 Å². The first-order valence-corrected chi connectivity index (χ1v) is 6.31. The summed E-state index contributed by atoms with van der Waals surface area (Å²) in [6.45, 7) is 3.58. The Morgan fingerprint density at radius 3 is 2.72 bits per heavy atom. The number of phenolic OH excluding ortho intramolecular Hbond substituents is 1. The molecule has 0 saturated carbocycles. The number of ether oxygens (including phenoxy) is 3. The van der Waals surface area contributed by atoms with Gasteiger partial charge in [-0.25, -0.2) is 0 Å². The summed E-state index contributed by atoms with van der Waals surface area (Å²) < 4.78 is 16.6. The summed E-state index contributed by atoms with van der Waals surface area (Å²) in [5.41, 5.74) is 0.999. The average molecular weight is 250 g/mol. The van der Waals surface area contributed by atoms with E-state index in [1.165, 1.54) is 0 Å². The normalized spacial score (nSPS) is 34.6. The van der Waals surface area contributed by atoms with Crippen molar-refractivity contribution in [3.63, 3.8) is 0 Å². The van der Waals surface area contributed by atoms with Crippen molar-refractivity contribution in [3.8, 4) is 11.5 Å². The number of hydrogen-bond acceptors (Lipinski definition) is 4. The molecule has 4 nitrogen and oxygen atoms in total. The molecule has 2 heterocycles. The molecule has 18 heavy (non-hydrogen) atoms. The minimum atomic E-state index is 0.0248. The van der Waals surface area contributed by atoms with E-state index >= 15 is 0 Å². The number of fused-ring (bicyclic) bond motifs is 1. The highest BCUT2D eigenvalue weighted by atomic mass is 16.5. The summed E-state index contributed by atoms with van der Waals surface area (Å²) in [7, 11) is 1.54. The van der Waals surface area contributed by atoms with Crippen molar-refractivity contribution in [2.75, 3.05) is 20.3 Å². The molecule has 0 aliphatic carbocycles. The van der Waals surface area contributed by atoms with Crippen LogP contribution in [0.1, 0.15) is 18.6 Å². The molecule has 0 spiro atoms. The van der Waals surface area contributed by atoms with E-state index in [-0.39, 0.29) is 18.0 Å². The quantitative estimate of drug-likeness (QED) is 0.873. The molecule has 4 heteroatoms. The molecule has 3 rings (SSSR count). The van der Waals surface area contributed by atoms with Gasteiger partial charge in [-0.05, 0) is 24.6 Å². The Labute approximate surface area is 106 Å². The van der Waals surface area contributed by atoms with Crippen LogP contribution in [0.4, 0.5) is 0 Å². The molecule has 0 radical (unpaired) electrons. The molecule has 0 aromatic heterocycles. The van der Waals surface area contributed by atoms with Crippen molar-refractivity contribution in [2.45, 2.75) is 19.1 Å². The molecule has 1 aromatic carbocycles. The first-order valence-electron chi connectivity index (χ1n) is 6.31. The summed E-state index contributed by atoms with van der Waals surface area (Å²) in [6, 6.07) is 5.46. The van der Waals surface area contributed by atoms with Crippen molar-refractivity contribution in [3.05, 3.63) is 23.8 Å². The van der Waals surface area contributed by atoms with Gasteiger partial charge in [-0.2, -0.15) is 0 Å². The highest BCUT2D eigenvalue weighted by molar-refractivity contribution is 5.42. The summed E-state index contributed by atoms with van der Waals surface area (Å²) >= 11 is 0. The van der Waals surface area contributed by atoms with Gasteiger partial charge >= 0.3 is 0 Å². The van der Waals surface area contributed by atoms with Gasteiger partial charge in [-0.15, -0.1) is 0 Å². The van der Waals surface area contributed by atoms with E-state index in [1.54, 1.807) is 19.2 Å². The topological polar surface area (TPSA) is 47.9 Å². The van der Waals surface area contributed by atoms with E-state index in [9.17, 15) is 5.11 Å². The molecule has 2 fully saturated rings. The monoisotopic (exact) mass is 250 g/mol. The minimum absolute atomic E-state index is 0.0248. The molecule has 1 aromatic rings. The second-order valence-electron chi connectivity index (χ2n) is 5.05. The molecule has 2 aliphatic rings. The predicted octanol–water partition coefficient (Wildman–Crippen LogP) is 2.12. The number of benzene rings is 1. The van der Waals surface area contributed by atoms with Crippen molar-refractivity contribution in [1.29, 1.82) is 0 Å². The van der Waals surface area contributed by atoms with Crippen LogP contribution in [0.25, 0.3) is 0 Å². The molecular formula is C14H18O4. The maximum Gasteiger partial charge on any atom is 0.160 e. The standard InChI is InChI=1S/C14H18O4/c1-8-10-6-18-14(11(10)7-17-8)9-3-4-13(16-2)12(15)5-9/h3-5,8,10-11,14-15H,6-7H2,1-2H3/t8-,10?,11?,14?/m1/s1. The van der Waals surface area contributed by atoms with Crippen molar-refractivity contribution >= 4 is 0 Å². The zero-order valence-electron chi connectivity index (χ0n) is 10.6. The lowest BCUT2D eigenvalue weighted by atomic mass is 9.87. The van der Waals surface area contributed by atoms with Gasteiger partial charge in [-0.3, -0.25) is 0 Å². The zero-order chi connectivity index (χ0) is 12.7. The van der Waals surface area contributed by atoms with Gasteiger partial charge in [0.05, 0.1) is 32.5 Å². The molecule has 2 saturated heterocycles. The third kappa shape index (κ3) is 1.76. The molecule has 1 N–H and O–H groups in total. The Morgan fingerprint density at radius 1 is 1.22 bits per heavy atom. The van der Waals surface area contributed by atoms with Crippen LogP contribution in [0, 0.1) is 11.8 Å². The van der Waals surface area contributed by atoms with Crippen LogP contribution >= 0.6 is 0 Å². The van der Waals surface area contributed by atoms with Crippen LogP contribution in [0.5, 0.6) is 11.5 Å². The molecular weight excluding hydrogens is 232 g/mol. The van der Waals surface area contributed by atoms with E-state index in [0.29, 0.717) is 17.6 Å². The number of aromatic hydroxyl groups is 1. The van der Waals surface area contributed by atoms with Crippen LogP contribution in [0.15, 0.2) is 18.2 Å². The fourth-order valence-electron chi connectivity index (χ4n) is 2.99. The van der Waals surface area contributed by atoms with Crippen LogP contribution in [0.3, 0.4) is 0 Å². The fourth-order valence-corrected chi connectivity index (χ4v) is 2.99.